The van der Waals surface area contributed by atoms with Crippen molar-refractivity contribution in [2.45, 2.75) is 289 Å². The predicted octanol–water partition coefficient (Wildman–Crippen LogP) is 19.6. The van der Waals surface area contributed by atoms with Crippen LogP contribution >= 0.6 is 7.82 Å². The molecule has 0 aromatic rings. The first-order valence-electron chi connectivity index (χ1n) is 31.5. The van der Waals surface area contributed by atoms with Crippen molar-refractivity contribution in [2.75, 3.05) is 40.9 Å². The van der Waals surface area contributed by atoms with Crippen LogP contribution in [0.1, 0.15) is 277 Å². The summed E-state index contributed by atoms with van der Waals surface area (Å²) in [6, 6.07) is -0.864. The van der Waals surface area contributed by atoms with Crippen molar-refractivity contribution in [2.24, 2.45) is 0 Å². The maximum atomic E-state index is 13.0. The van der Waals surface area contributed by atoms with Gasteiger partial charge in [0.1, 0.15) is 13.2 Å². The number of likely N-dealkylation sites (N-methyl/N-ethyl adjacent to an activating group) is 1. The highest BCUT2D eigenvalue weighted by atomic mass is 31.2. The molecule has 8 nitrogen and oxygen atoms in total. The maximum absolute atomic E-state index is 13.0. The molecule has 75 heavy (non-hydrogen) atoms. The largest absolute Gasteiger partial charge is 0.472 e. The summed E-state index contributed by atoms with van der Waals surface area (Å²) in [6.07, 6.45) is 80.1. The van der Waals surface area contributed by atoms with Crippen molar-refractivity contribution in [3.05, 3.63) is 85.1 Å². The Kier molecular flexibility index (Phi) is 54.7. The molecule has 0 aromatic heterocycles. The van der Waals surface area contributed by atoms with Crippen LogP contribution in [0.2, 0.25) is 0 Å². The summed E-state index contributed by atoms with van der Waals surface area (Å²) >= 11 is 0. The van der Waals surface area contributed by atoms with Crippen LogP contribution < -0.4 is 5.32 Å². The first-order valence-corrected chi connectivity index (χ1v) is 33.0. The Morgan fingerprint density at radius 1 is 0.467 bits per heavy atom. The number of quaternary nitrogens is 1. The van der Waals surface area contributed by atoms with Crippen LogP contribution in [0.4, 0.5) is 0 Å². The van der Waals surface area contributed by atoms with Gasteiger partial charge in [0.05, 0.1) is 39.9 Å². The minimum absolute atomic E-state index is 0.0555. The van der Waals surface area contributed by atoms with Gasteiger partial charge in [-0.3, -0.25) is 13.8 Å². The van der Waals surface area contributed by atoms with Gasteiger partial charge in [0.25, 0.3) is 0 Å². The van der Waals surface area contributed by atoms with E-state index in [1.165, 1.54) is 186 Å². The summed E-state index contributed by atoms with van der Waals surface area (Å²) in [6.45, 7) is 4.69. The van der Waals surface area contributed by atoms with Crippen molar-refractivity contribution in [1.29, 1.82) is 0 Å². The molecule has 3 unspecified atom stereocenters. The van der Waals surface area contributed by atoms with Crippen LogP contribution in [0.3, 0.4) is 0 Å². The number of carbonyl (C=O) groups is 1. The molecular formula is C66H122N2O6P+. The molecule has 0 rings (SSSR count). The zero-order valence-corrected chi connectivity index (χ0v) is 50.7. The minimum atomic E-state index is -4.35. The standard InChI is InChI=1S/C66H121N2O6P/c1-6-8-10-12-14-16-18-20-22-23-24-25-26-27-28-29-30-31-32-33-34-35-36-37-38-39-40-41-42-43-44-45-46-48-50-52-54-56-58-60-66(70)67-64(63-74-75(71,72)73-62-61-68(3,4)5)65(69)59-57-55-53-51-49-47-21-19-17-15-13-11-9-7-2/h8,10,14,16,20,22,24-25,27-28,49,51,57,59,64-65,69H,6-7,9,11-13,15,17-19,21,23,26,29-48,50,52-56,58,60-63H2,1-5H3,(H-,67,70,71,72)/p+1/b10-8-,16-14-,22-20-,25-24-,28-27-,51-49+,59-57+. The number of aliphatic hydroxyl groups excluding tert-OH is 1. The van der Waals surface area contributed by atoms with Gasteiger partial charge in [0.2, 0.25) is 5.91 Å². The molecule has 0 aliphatic rings. The normalized spacial score (nSPS) is 14.4. The summed E-state index contributed by atoms with van der Waals surface area (Å²) in [5.41, 5.74) is 0. The molecule has 0 aliphatic heterocycles. The molecule has 0 aromatic carbocycles. The molecule has 0 saturated heterocycles. The highest BCUT2D eigenvalue weighted by molar-refractivity contribution is 7.47. The molecule has 3 atom stereocenters. The number of hydrogen-bond donors (Lipinski definition) is 3. The van der Waals surface area contributed by atoms with E-state index in [1.807, 2.05) is 27.2 Å². The molecule has 0 heterocycles. The van der Waals surface area contributed by atoms with Gasteiger partial charge >= 0.3 is 7.82 Å². The molecular weight excluding hydrogens is 948 g/mol. The van der Waals surface area contributed by atoms with Crippen LogP contribution in [0.15, 0.2) is 85.1 Å². The number of carbonyl (C=O) groups excluding carboxylic acids is 1. The Bertz CT molecular complexity index is 1500. The third-order valence-corrected chi connectivity index (χ3v) is 14.8. The van der Waals surface area contributed by atoms with Crippen molar-refractivity contribution in [3.63, 3.8) is 0 Å². The number of aliphatic hydroxyl groups is 1. The number of amides is 1. The summed E-state index contributed by atoms with van der Waals surface area (Å²) in [7, 11) is 1.56. The topological polar surface area (TPSA) is 105 Å². The maximum Gasteiger partial charge on any atom is 0.472 e. The molecule has 3 N–H and O–H groups in total. The van der Waals surface area contributed by atoms with E-state index in [1.54, 1.807) is 6.08 Å². The van der Waals surface area contributed by atoms with Gasteiger partial charge in [-0.1, -0.05) is 279 Å². The van der Waals surface area contributed by atoms with E-state index < -0.39 is 20.0 Å². The fourth-order valence-corrected chi connectivity index (χ4v) is 9.70. The van der Waals surface area contributed by atoms with E-state index in [-0.39, 0.29) is 19.1 Å². The van der Waals surface area contributed by atoms with Crippen molar-refractivity contribution >= 4 is 13.7 Å². The monoisotopic (exact) mass is 1070 g/mol. The molecule has 1 amide bonds. The van der Waals surface area contributed by atoms with E-state index in [0.717, 1.165) is 70.6 Å². The molecule has 0 radical (unpaired) electrons. The smallest absolute Gasteiger partial charge is 0.387 e. The predicted molar refractivity (Wildman–Crippen MR) is 327 cm³/mol. The van der Waals surface area contributed by atoms with Gasteiger partial charge in [0.15, 0.2) is 0 Å². The van der Waals surface area contributed by atoms with Crippen LogP contribution in [-0.4, -0.2) is 73.4 Å². The molecule has 0 spiro atoms. The fourth-order valence-electron chi connectivity index (χ4n) is 8.97. The average molecular weight is 1070 g/mol. The molecule has 0 saturated carbocycles. The van der Waals surface area contributed by atoms with Gasteiger partial charge < -0.3 is 19.8 Å². The molecule has 0 fully saturated rings. The lowest BCUT2D eigenvalue weighted by Crippen LogP contribution is -2.45. The average Bonchev–Trinajstić information content (AvgIpc) is 3.37. The van der Waals surface area contributed by atoms with E-state index in [2.05, 4.69) is 92.1 Å². The number of nitrogens with one attached hydrogen (secondary N) is 1. The van der Waals surface area contributed by atoms with Crippen molar-refractivity contribution in [1.82, 2.24) is 5.32 Å². The Balaban J connectivity index is 3.94. The van der Waals surface area contributed by atoms with Gasteiger partial charge in [-0.15, -0.1) is 0 Å². The zero-order valence-electron chi connectivity index (χ0n) is 49.8. The number of phosphoric ester groups is 1. The number of phosphoric acid groups is 1. The summed E-state index contributed by atoms with van der Waals surface area (Å²) in [5.74, 6) is -0.185. The van der Waals surface area contributed by atoms with E-state index in [9.17, 15) is 19.4 Å². The third kappa shape index (κ3) is 59.2. The van der Waals surface area contributed by atoms with Gasteiger partial charge in [-0.25, -0.2) is 4.57 Å². The van der Waals surface area contributed by atoms with Crippen LogP contribution in [-0.2, 0) is 18.4 Å². The Morgan fingerprint density at radius 3 is 1.23 bits per heavy atom. The number of nitrogens with zero attached hydrogens (tertiary/aromatic N) is 1. The first-order chi connectivity index (χ1) is 36.5. The summed E-state index contributed by atoms with van der Waals surface area (Å²) < 4.78 is 23.7. The quantitative estimate of drug-likeness (QED) is 0.0243. The Labute approximate surface area is 465 Å². The Morgan fingerprint density at radius 2 is 0.813 bits per heavy atom. The van der Waals surface area contributed by atoms with E-state index >= 15 is 0 Å². The second-order valence-corrected chi connectivity index (χ2v) is 23.8. The lowest BCUT2D eigenvalue weighted by Gasteiger charge is -2.25. The molecule has 0 bridgehead atoms. The van der Waals surface area contributed by atoms with Crippen LogP contribution in [0.5, 0.6) is 0 Å². The Hall–Kier alpha value is -2.32. The summed E-state index contributed by atoms with van der Waals surface area (Å²) in [4.78, 5) is 23.3. The lowest BCUT2D eigenvalue weighted by atomic mass is 10.0. The van der Waals surface area contributed by atoms with Crippen molar-refractivity contribution < 1.29 is 32.9 Å². The number of allylic oxidation sites excluding steroid dienone is 13. The second kappa shape index (κ2) is 56.4. The SMILES string of the molecule is CC/C=C\C/C=C\C/C=C\C/C=C\C/C=C\CCCCCCCCCCCCCCCCCCCCCCCCCC(=O)NC(COP(=O)(O)OCC[N+](C)(C)C)C(O)/C=C/CC/C=C/CCCCCCCCCC. The third-order valence-electron chi connectivity index (χ3n) is 13.8. The fraction of sp³-hybridized carbons (Fsp3) is 0.773. The second-order valence-electron chi connectivity index (χ2n) is 22.4. The van der Waals surface area contributed by atoms with Crippen molar-refractivity contribution in [3.8, 4) is 0 Å². The number of hydrogen-bond acceptors (Lipinski definition) is 5. The summed E-state index contributed by atoms with van der Waals surface area (Å²) in [5, 5.41) is 13.9. The van der Waals surface area contributed by atoms with Crippen LogP contribution in [0.25, 0.3) is 0 Å². The lowest BCUT2D eigenvalue weighted by molar-refractivity contribution is -0.870. The van der Waals surface area contributed by atoms with Gasteiger partial charge in [0, 0.05) is 6.42 Å². The van der Waals surface area contributed by atoms with E-state index in [0.29, 0.717) is 17.4 Å². The molecule has 0 aliphatic carbocycles. The molecule has 9 heteroatoms. The zero-order chi connectivity index (χ0) is 54.9. The first kappa shape index (κ1) is 72.7. The number of rotatable bonds is 57. The minimum Gasteiger partial charge on any atom is -0.387 e. The molecule has 436 valence electrons. The van der Waals surface area contributed by atoms with E-state index in [4.69, 9.17) is 9.05 Å². The number of unbranched alkanes of at least 4 members (excludes halogenated alkanes) is 32. The highest BCUT2D eigenvalue weighted by Gasteiger charge is 2.27. The van der Waals surface area contributed by atoms with Gasteiger partial charge in [-0.05, 0) is 77.0 Å². The highest BCUT2D eigenvalue weighted by Crippen LogP contribution is 2.43. The van der Waals surface area contributed by atoms with Gasteiger partial charge in [-0.2, -0.15) is 0 Å². The van der Waals surface area contributed by atoms with Crippen LogP contribution in [0, 0.1) is 0 Å².